The molecule has 0 bridgehead atoms. The maximum absolute atomic E-state index is 10.8. The molecular formula is C10H12N4O2S. The molecule has 0 aliphatic heterocycles. The first kappa shape index (κ1) is 11.7. The monoisotopic (exact) mass is 252 g/mol. The maximum Gasteiger partial charge on any atom is 0.200 e. The van der Waals surface area contributed by atoms with Gasteiger partial charge in [-0.3, -0.25) is 4.79 Å². The molecule has 1 aromatic rings. The van der Waals surface area contributed by atoms with E-state index in [1.165, 1.54) is 0 Å². The molecule has 0 saturated heterocycles. The molecule has 1 aliphatic carbocycles. The molecule has 17 heavy (non-hydrogen) atoms. The van der Waals surface area contributed by atoms with Crippen LogP contribution < -0.4 is 5.73 Å². The molecule has 0 fully saturated rings. The minimum atomic E-state index is -0.0744. The molecule has 0 spiro atoms. The van der Waals surface area contributed by atoms with E-state index in [1.54, 1.807) is 0 Å². The van der Waals surface area contributed by atoms with Crippen molar-refractivity contribution in [3.8, 4) is 0 Å². The number of carbonyl (C=O) groups excluding carboxylic acids is 1. The van der Waals surface area contributed by atoms with Crippen molar-refractivity contribution in [1.82, 2.24) is 9.36 Å². The summed E-state index contributed by atoms with van der Waals surface area (Å²) in [6.07, 6.45) is 7.51. The fourth-order valence-corrected chi connectivity index (χ4v) is 1.89. The van der Waals surface area contributed by atoms with Crippen molar-refractivity contribution >= 4 is 28.7 Å². The van der Waals surface area contributed by atoms with Crippen LogP contribution in [0.4, 0.5) is 5.13 Å². The molecule has 1 unspecified atom stereocenters. The number of hydrogen-bond donors (Lipinski definition) is 1. The van der Waals surface area contributed by atoms with Crippen molar-refractivity contribution in [2.24, 2.45) is 5.16 Å². The SMILES string of the molecule is Nc1nc(C(C=O)=NOC2C=CCCC2)ns1. The Bertz CT molecular complexity index is 455. The van der Waals surface area contributed by atoms with Gasteiger partial charge in [0.15, 0.2) is 23.0 Å². The number of hydrogen-bond acceptors (Lipinski definition) is 7. The summed E-state index contributed by atoms with van der Waals surface area (Å²) in [5.41, 5.74) is 5.50. The van der Waals surface area contributed by atoms with Crippen LogP contribution in [0.1, 0.15) is 25.1 Å². The van der Waals surface area contributed by atoms with E-state index in [9.17, 15) is 4.79 Å². The zero-order valence-corrected chi connectivity index (χ0v) is 9.89. The molecule has 1 aromatic heterocycles. The second-order valence-electron chi connectivity index (χ2n) is 3.55. The van der Waals surface area contributed by atoms with Gasteiger partial charge in [0, 0.05) is 11.5 Å². The van der Waals surface area contributed by atoms with Crippen LogP contribution in [0.5, 0.6) is 0 Å². The number of anilines is 1. The number of nitrogens with two attached hydrogens (primary N) is 1. The van der Waals surface area contributed by atoms with Crippen molar-refractivity contribution in [2.45, 2.75) is 25.4 Å². The highest BCUT2D eigenvalue weighted by atomic mass is 32.1. The molecule has 2 rings (SSSR count). The normalized spacial score (nSPS) is 20.2. The van der Waals surface area contributed by atoms with E-state index in [0.717, 1.165) is 30.8 Å². The minimum Gasteiger partial charge on any atom is -0.388 e. The van der Waals surface area contributed by atoms with E-state index in [1.807, 2.05) is 12.2 Å². The molecule has 2 N–H and O–H groups in total. The van der Waals surface area contributed by atoms with Crippen LogP contribution in [0.25, 0.3) is 0 Å². The van der Waals surface area contributed by atoms with Gasteiger partial charge in [-0.05, 0) is 25.3 Å². The first-order chi connectivity index (χ1) is 8.29. The standard InChI is InChI=1S/C10H12N4O2S/c11-10-12-9(14-17-10)8(6-15)13-16-7-4-2-1-3-5-7/h2,4,6-7H,1,3,5H2,(H2,11,12,14). The summed E-state index contributed by atoms with van der Waals surface area (Å²) >= 11 is 1.02. The molecule has 0 amide bonds. The molecule has 6 nitrogen and oxygen atoms in total. The topological polar surface area (TPSA) is 90.5 Å². The highest BCUT2D eigenvalue weighted by Crippen LogP contribution is 2.14. The van der Waals surface area contributed by atoms with Crippen LogP contribution in [0.15, 0.2) is 17.3 Å². The predicted octanol–water partition coefficient (Wildman–Crippen LogP) is 1.15. The Labute approximate surface area is 102 Å². The zero-order chi connectivity index (χ0) is 12.1. The first-order valence-electron chi connectivity index (χ1n) is 5.25. The van der Waals surface area contributed by atoms with E-state index in [0.29, 0.717) is 11.4 Å². The molecular weight excluding hydrogens is 240 g/mol. The summed E-state index contributed by atoms with van der Waals surface area (Å²) in [5, 5.41) is 4.07. The van der Waals surface area contributed by atoms with Crippen molar-refractivity contribution in [3.63, 3.8) is 0 Å². The molecule has 7 heteroatoms. The fraction of sp³-hybridized carbons (Fsp3) is 0.400. The highest BCUT2D eigenvalue weighted by Gasteiger charge is 2.13. The lowest BCUT2D eigenvalue weighted by Crippen LogP contribution is -2.12. The summed E-state index contributed by atoms with van der Waals surface area (Å²) in [4.78, 5) is 20.0. The number of aldehydes is 1. The Hall–Kier alpha value is -1.76. The van der Waals surface area contributed by atoms with E-state index < -0.39 is 0 Å². The maximum atomic E-state index is 10.8. The number of aromatic nitrogens is 2. The van der Waals surface area contributed by atoms with Gasteiger partial charge in [0.1, 0.15) is 6.10 Å². The zero-order valence-electron chi connectivity index (χ0n) is 9.07. The van der Waals surface area contributed by atoms with Crippen molar-refractivity contribution < 1.29 is 9.63 Å². The molecule has 1 atom stereocenters. The molecule has 1 aliphatic rings. The smallest absolute Gasteiger partial charge is 0.200 e. The number of nitrogens with zero attached hydrogens (tertiary/aromatic N) is 3. The minimum absolute atomic E-state index is 0.0666. The first-order valence-corrected chi connectivity index (χ1v) is 6.02. The van der Waals surface area contributed by atoms with Gasteiger partial charge in [-0.25, -0.2) is 0 Å². The van der Waals surface area contributed by atoms with Gasteiger partial charge in [0.05, 0.1) is 0 Å². The van der Waals surface area contributed by atoms with Gasteiger partial charge in [0.2, 0.25) is 0 Å². The van der Waals surface area contributed by atoms with Crippen LogP contribution in [0.3, 0.4) is 0 Å². The average Bonchev–Trinajstić information content (AvgIpc) is 2.78. The molecule has 0 saturated carbocycles. The summed E-state index contributed by atoms with van der Waals surface area (Å²) in [6.45, 7) is 0. The molecule has 0 radical (unpaired) electrons. The van der Waals surface area contributed by atoms with E-state index in [2.05, 4.69) is 14.5 Å². The Morgan fingerprint density at radius 3 is 3.18 bits per heavy atom. The number of rotatable bonds is 4. The lowest BCUT2D eigenvalue weighted by atomic mass is 10.1. The van der Waals surface area contributed by atoms with Crippen molar-refractivity contribution in [2.75, 3.05) is 5.73 Å². The quantitative estimate of drug-likeness (QED) is 0.375. The predicted molar refractivity (Wildman–Crippen MR) is 64.8 cm³/mol. The third-order valence-corrected chi connectivity index (χ3v) is 2.82. The molecule has 1 heterocycles. The van der Waals surface area contributed by atoms with E-state index in [-0.39, 0.29) is 17.6 Å². The van der Waals surface area contributed by atoms with Gasteiger partial charge in [0.25, 0.3) is 0 Å². The summed E-state index contributed by atoms with van der Waals surface area (Å²) < 4.78 is 3.90. The van der Waals surface area contributed by atoms with Gasteiger partial charge < -0.3 is 10.6 Å². The van der Waals surface area contributed by atoms with Crippen LogP contribution in [0.2, 0.25) is 0 Å². The number of nitrogen functional groups attached to an aromatic ring is 1. The third-order valence-electron chi connectivity index (χ3n) is 2.28. The van der Waals surface area contributed by atoms with Crippen molar-refractivity contribution in [1.29, 1.82) is 0 Å². The Morgan fingerprint density at radius 1 is 1.71 bits per heavy atom. The Kier molecular flexibility index (Phi) is 3.81. The summed E-state index contributed by atoms with van der Waals surface area (Å²) in [7, 11) is 0. The van der Waals surface area contributed by atoms with Gasteiger partial charge in [-0.2, -0.15) is 9.36 Å². The number of oxime groups is 1. The van der Waals surface area contributed by atoms with E-state index >= 15 is 0 Å². The largest absolute Gasteiger partial charge is 0.388 e. The third kappa shape index (κ3) is 3.10. The second kappa shape index (κ2) is 5.53. The number of allylic oxidation sites excluding steroid dienone is 1. The van der Waals surface area contributed by atoms with Crippen LogP contribution in [-0.2, 0) is 9.63 Å². The van der Waals surface area contributed by atoms with Gasteiger partial charge >= 0.3 is 0 Å². The highest BCUT2D eigenvalue weighted by molar-refractivity contribution is 7.09. The van der Waals surface area contributed by atoms with Gasteiger partial charge in [-0.1, -0.05) is 11.2 Å². The number of carbonyl (C=O) groups is 1. The molecule has 90 valence electrons. The summed E-state index contributed by atoms with van der Waals surface area (Å²) in [6, 6.07) is 0. The second-order valence-corrected chi connectivity index (χ2v) is 4.34. The Balaban J connectivity index is 2.05. The lowest BCUT2D eigenvalue weighted by molar-refractivity contribution is -0.102. The van der Waals surface area contributed by atoms with Crippen LogP contribution in [-0.4, -0.2) is 27.5 Å². The van der Waals surface area contributed by atoms with Crippen molar-refractivity contribution in [3.05, 3.63) is 18.0 Å². The lowest BCUT2D eigenvalue weighted by Gasteiger charge is -2.13. The van der Waals surface area contributed by atoms with E-state index in [4.69, 9.17) is 10.6 Å². The average molecular weight is 252 g/mol. The van der Waals surface area contributed by atoms with Gasteiger partial charge in [-0.15, -0.1) is 0 Å². The summed E-state index contributed by atoms with van der Waals surface area (Å²) in [5.74, 6) is 0.210. The Morgan fingerprint density at radius 2 is 2.59 bits per heavy atom. The van der Waals surface area contributed by atoms with Crippen LogP contribution >= 0.6 is 11.5 Å². The fourth-order valence-electron chi connectivity index (χ4n) is 1.45. The molecule has 0 aromatic carbocycles. The van der Waals surface area contributed by atoms with Crippen LogP contribution in [0, 0.1) is 0 Å².